The van der Waals surface area contributed by atoms with Crippen LogP contribution in [0.1, 0.15) is 51.9 Å². The summed E-state index contributed by atoms with van der Waals surface area (Å²) < 4.78 is 7.77. The van der Waals surface area contributed by atoms with Gasteiger partial charge in [0, 0.05) is 36.0 Å². The first-order valence-corrected chi connectivity index (χ1v) is 14.5. The smallest absolute Gasteiger partial charge is 0.322 e. The van der Waals surface area contributed by atoms with Crippen LogP contribution in [0.4, 0.5) is 5.69 Å². The highest BCUT2D eigenvalue weighted by atomic mass is 16.5. The Kier molecular flexibility index (Phi) is 9.20. The third-order valence-corrected chi connectivity index (χ3v) is 7.78. The molecule has 0 unspecified atom stereocenters. The maximum atomic E-state index is 13.3. The summed E-state index contributed by atoms with van der Waals surface area (Å²) in [5.41, 5.74) is 7.69. The molecule has 222 valence electrons. The Balaban J connectivity index is 1.24. The Labute approximate surface area is 251 Å². The van der Waals surface area contributed by atoms with Gasteiger partial charge in [-0.05, 0) is 85.2 Å². The van der Waals surface area contributed by atoms with E-state index in [4.69, 9.17) is 9.84 Å². The predicted octanol–water partition coefficient (Wildman–Crippen LogP) is 5.17. The predicted molar refractivity (Wildman–Crippen MR) is 164 cm³/mol. The summed E-state index contributed by atoms with van der Waals surface area (Å²) in [4.78, 5) is 38.3. The molecule has 9 heteroatoms. The average molecular weight is 581 g/mol. The van der Waals surface area contributed by atoms with Gasteiger partial charge in [-0.1, -0.05) is 36.4 Å². The van der Waals surface area contributed by atoms with E-state index in [-0.39, 0.29) is 5.91 Å². The Morgan fingerprint density at radius 2 is 1.86 bits per heavy atom. The Bertz CT molecular complexity index is 1640. The van der Waals surface area contributed by atoms with E-state index in [0.717, 1.165) is 52.1 Å². The van der Waals surface area contributed by atoms with E-state index in [2.05, 4.69) is 29.5 Å². The molecule has 43 heavy (non-hydrogen) atoms. The number of carbonyl (C=O) groups is 3. The van der Waals surface area contributed by atoms with Crippen molar-refractivity contribution in [3.63, 3.8) is 0 Å². The molecule has 0 fully saturated rings. The Hall–Kier alpha value is -4.92. The van der Waals surface area contributed by atoms with Crippen LogP contribution in [-0.2, 0) is 22.6 Å². The average Bonchev–Trinajstić information content (AvgIpc) is 3.47. The van der Waals surface area contributed by atoms with Gasteiger partial charge in [0.1, 0.15) is 12.3 Å². The lowest BCUT2D eigenvalue weighted by Gasteiger charge is -2.31. The molecule has 1 aliphatic heterocycles. The van der Waals surface area contributed by atoms with Crippen molar-refractivity contribution in [1.29, 1.82) is 0 Å². The van der Waals surface area contributed by atoms with Crippen molar-refractivity contribution in [3.8, 4) is 16.9 Å². The van der Waals surface area contributed by atoms with Gasteiger partial charge in [0.25, 0.3) is 5.91 Å². The number of hydrogen-bond acceptors (Lipinski definition) is 5. The van der Waals surface area contributed by atoms with Crippen molar-refractivity contribution in [2.75, 3.05) is 24.6 Å². The molecule has 9 nitrogen and oxygen atoms in total. The van der Waals surface area contributed by atoms with Crippen molar-refractivity contribution < 1.29 is 24.2 Å². The topological polar surface area (TPSA) is 114 Å². The fourth-order valence-corrected chi connectivity index (χ4v) is 5.42. The number of aliphatic carboxylic acids is 1. The molecular weight excluding hydrogens is 544 g/mol. The van der Waals surface area contributed by atoms with Gasteiger partial charge in [0.15, 0.2) is 0 Å². The van der Waals surface area contributed by atoms with Crippen LogP contribution >= 0.6 is 0 Å². The molecular formula is C34H36N4O5. The standard InChI is InChI=1S/C34H36N4O5/c1-23-8-3-14-31(24(23)2)43-17-7-15-32(39)38-16-6-12-29-28(11-5-13-30(29)38)27-19-36-37(22-27)21-25-9-4-10-26(18-25)34(42)35-20-33(40)41/h3-5,8-11,13-14,18-19,22H,6-7,12,15-17,20-21H2,1-2H3,(H,35,42)(H,40,41). The van der Waals surface area contributed by atoms with Crippen molar-refractivity contribution in [3.05, 3.63) is 101 Å². The van der Waals surface area contributed by atoms with E-state index < -0.39 is 18.4 Å². The number of nitrogens with one attached hydrogen (secondary N) is 1. The molecule has 0 spiro atoms. The van der Waals surface area contributed by atoms with Gasteiger partial charge in [-0.25, -0.2) is 0 Å². The zero-order valence-corrected chi connectivity index (χ0v) is 24.5. The lowest BCUT2D eigenvalue weighted by atomic mass is 9.93. The number of nitrogens with zero attached hydrogens (tertiary/aromatic N) is 3. The lowest BCUT2D eigenvalue weighted by molar-refractivity contribution is -0.135. The number of anilines is 1. The first-order chi connectivity index (χ1) is 20.8. The van der Waals surface area contributed by atoms with E-state index in [0.29, 0.717) is 38.1 Å². The van der Waals surface area contributed by atoms with E-state index in [1.807, 2.05) is 59.2 Å². The van der Waals surface area contributed by atoms with Crippen molar-refractivity contribution in [2.45, 2.75) is 46.1 Å². The molecule has 3 aromatic carbocycles. The second-order valence-electron chi connectivity index (χ2n) is 10.8. The van der Waals surface area contributed by atoms with Gasteiger partial charge in [0.2, 0.25) is 5.91 Å². The molecule has 0 radical (unpaired) electrons. The molecule has 2 amide bonds. The first kappa shape index (κ1) is 29.6. The molecule has 2 N–H and O–H groups in total. The number of aryl methyl sites for hydroxylation is 1. The number of hydrogen-bond donors (Lipinski definition) is 2. The van der Waals surface area contributed by atoms with Gasteiger partial charge in [-0.15, -0.1) is 0 Å². The minimum atomic E-state index is -1.09. The van der Waals surface area contributed by atoms with E-state index in [1.165, 1.54) is 5.56 Å². The highest BCUT2D eigenvalue weighted by Gasteiger charge is 2.25. The van der Waals surface area contributed by atoms with Crippen molar-refractivity contribution in [2.24, 2.45) is 0 Å². The number of rotatable bonds is 11. The van der Waals surface area contributed by atoms with E-state index in [9.17, 15) is 14.4 Å². The lowest BCUT2D eigenvalue weighted by Crippen LogP contribution is -2.35. The molecule has 1 aromatic heterocycles. The van der Waals surface area contributed by atoms with Gasteiger partial charge in [-0.2, -0.15) is 5.10 Å². The number of carboxylic acids is 1. The maximum Gasteiger partial charge on any atom is 0.322 e. The third kappa shape index (κ3) is 7.12. The van der Waals surface area contributed by atoms with Gasteiger partial charge in [0.05, 0.1) is 19.3 Å². The molecule has 0 saturated carbocycles. The van der Waals surface area contributed by atoms with Crippen LogP contribution in [0, 0.1) is 13.8 Å². The van der Waals surface area contributed by atoms with Crippen LogP contribution in [0.2, 0.25) is 0 Å². The summed E-state index contributed by atoms with van der Waals surface area (Å²) >= 11 is 0. The normalized spacial score (nSPS) is 12.5. The van der Waals surface area contributed by atoms with Crippen LogP contribution in [0.3, 0.4) is 0 Å². The summed E-state index contributed by atoms with van der Waals surface area (Å²) in [6, 6.07) is 19.1. The van der Waals surface area contributed by atoms with Crippen molar-refractivity contribution in [1.82, 2.24) is 15.1 Å². The molecule has 0 bridgehead atoms. The van der Waals surface area contributed by atoms with Crippen molar-refractivity contribution >= 4 is 23.5 Å². The van der Waals surface area contributed by atoms with Crippen LogP contribution < -0.4 is 15.0 Å². The monoisotopic (exact) mass is 580 g/mol. The van der Waals surface area contributed by atoms with Crippen LogP contribution in [0.15, 0.2) is 73.1 Å². The summed E-state index contributed by atoms with van der Waals surface area (Å²) in [6.45, 7) is 5.32. The Morgan fingerprint density at radius 3 is 2.70 bits per heavy atom. The van der Waals surface area contributed by atoms with Crippen LogP contribution in [-0.4, -0.2) is 52.4 Å². The fraction of sp³-hybridized carbons (Fsp3) is 0.294. The summed E-state index contributed by atoms with van der Waals surface area (Å²) in [5, 5.41) is 15.8. The second kappa shape index (κ2) is 13.4. The summed E-state index contributed by atoms with van der Waals surface area (Å²) in [5.74, 6) is -0.558. The summed E-state index contributed by atoms with van der Waals surface area (Å²) in [6.07, 6.45) is 6.62. The molecule has 4 aromatic rings. The van der Waals surface area contributed by atoms with Gasteiger partial charge in [-0.3, -0.25) is 19.1 Å². The fourth-order valence-electron chi connectivity index (χ4n) is 5.42. The van der Waals surface area contributed by atoms with Crippen LogP contribution in [0.5, 0.6) is 5.75 Å². The van der Waals surface area contributed by atoms with Gasteiger partial charge < -0.3 is 20.1 Å². The summed E-state index contributed by atoms with van der Waals surface area (Å²) in [7, 11) is 0. The molecule has 5 rings (SSSR count). The number of aromatic nitrogens is 2. The SMILES string of the molecule is Cc1cccc(OCCCC(=O)N2CCCc3c(-c4cnn(Cc5cccc(C(=O)NCC(=O)O)c5)c4)cccc32)c1C. The minimum absolute atomic E-state index is 0.102. The largest absolute Gasteiger partial charge is 0.493 e. The minimum Gasteiger partial charge on any atom is -0.493 e. The maximum absolute atomic E-state index is 13.3. The Morgan fingerprint density at radius 1 is 1.05 bits per heavy atom. The van der Waals surface area contributed by atoms with E-state index >= 15 is 0 Å². The molecule has 2 heterocycles. The number of fused-ring (bicyclic) bond motifs is 1. The number of benzene rings is 3. The molecule has 1 aliphatic rings. The number of carbonyl (C=O) groups excluding carboxylic acids is 2. The highest BCUT2D eigenvalue weighted by Crippen LogP contribution is 2.36. The number of carboxylic acid groups (broad SMARTS) is 1. The quantitative estimate of drug-likeness (QED) is 0.237. The second-order valence-corrected chi connectivity index (χ2v) is 10.8. The van der Waals surface area contributed by atoms with E-state index in [1.54, 1.807) is 18.2 Å². The third-order valence-electron chi connectivity index (χ3n) is 7.78. The number of amides is 2. The highest BCUT2D eigenvalue weighted by molar-refractivity contribution is 5.96. The van der Waals surface area contributed by atoms with Gasteiger partial charge >= 0.3 is 5.97 Å². The first-order valence-electron chi connectivity index (χ1n) is 14.5. The zero-order valence-electron chi connectivity index (χ0n) is 24.5. The molecule has 0 atom stereocenters. The molecule has 0 aliphatic carbocycles. The molecule has 0 saturated heterocycles. The van der Waals surface area contributed by atoms with Crippen LogP contribution in [0.25, 0.3) is 11.1 Å². The number of ether oxygens (including phenoxy) is 1. The zero-order chi connectivity index (χ0) is 30.3.